The summed E-state index contributed by atoms with van der Waals surface area (Å²) in [6.07, 6.45) is 1.47. The van der Waals surface area contributed by atoms with E-state index in [0.29, 0.717) is 31.1 Å². The smallest absolute Gasteiger partial charge is 0.321 e. The quantitative estimate of drug-likeness (QED) is 0.252. The van der Waals surface area contributed by atoms with Crippen molar-refractivity contribution in [2.45, 2.75) is 25.7 Å². The molecule has 0 saturated heterocycles. The van der Waals surface area contributed by atoms with Gasteiger partial charge in [0.25, 0.3) is 0 Å². The summed E-state index contributed by atoms with van der Waals surface area (Å²) in [5.41, 5.74) is 3.27. The van der Waals surface area contributed by atoms with Gasteiger partial charge in [-0.1, -0.05) is 60.7 Å². The van der Waals surface area contributed by atoms with Crippen LogP contribution < -0.4 is 14.8 Å². The molecular formula is C25H28N2O6S. The number of aliphatic carboxylic acids is 1. The standard InChI is InChI=1S/C25H28N2O6S/c1-34(30,31)27-22-8-5-9-23(15-22)33-17-21-12-10-20(11-13-21)16-32-18-26-24(25(28)29)14-19-6-3-2-4-7-19/h2-13,15,24,26-27H,14,16-18H2,1H3,(H,28,29)/t24-/m1/s1. The van der Waals surface area contributed by atoms with Gasteiger partial charge >= 0.3 is 5.97 Å². The predicted octanol–water partition coefficient (Wildman–Crippen LogP) is 3.40. The van der Waals surface area contributed by atoms with Crippen molar-refractivity contribution in [1.29, 1.82) is 0 Å². The molecule has 0 spiro atoms. The van der Waals surface area contributed by atoms with Gasteiger partial charge in [-0.15, -0.1) is 0 Å². The lowest BCUT2D eigenvalue weighted by Crippen LogP contribution is -2.39. The fourth-order valence-electron chi connectivity index (χ4n) is 3.19. The minimum Gasteiger partial charge on any atom is -0.489 e. The highest BCUT2D eigenvalue weighted by atomic mass is 32.2. The number of benzene rings is 3. The van der Waals surface area contributed by atoms with Crippen LogP contribution in [0.5, 0.6) is 5.75 Å². The van der Waals surface area contributed by atoms with Crippen LogP contribution in [0.1, 0.15) is 16.7 Å². The Morgan fingerprint density at radius 2 is 1.59 bits per heavy atom. The van der Waals surface area contributed by atoms with Crippen LogP contribution in [-0.4, -0.2) is 38.5 Å². The molecule has 0 aliphatic rings. The molecule has 0 radical (unpaired) electrons. The van der Waals surface area contributed by atoms with Crippen LogP contribution in [0.4, 0.5) is 5.69 Å². The molecule has 9 heteroatoms. The van der Waals surface area contributed by atoms with Crippen LogP contribution in [0, 0.1) is 0 Å². The molecule has 3 rings (SSSR count). The van der Waals surface area contributed by atoms with Crippen molar-refractivity contribution in [1.82, 2.24) is 5.32 Å². The van der Waals surface area contributed by atoms with Crippen molar-refractivity contribution in [2.75, 3.05) is 17.7 Å². The van der Waals surface area contributed by atoms with Crippen LogP contribution in [0.15, 0.2) is 78.9 Å². The summed E-state index contributed by atoms with van der Waals surface area (Å²) in [5.74, 6) is -0.370. The fraction of sp³-hybridized carbons (Fsp3) is 0.240. The van der Waals surface area contributed by atoms with E-state index in [9.17, 15) is 18.3 Å². The molecular weight excluding hydrogens is 456 g/mol. The normalized spacial score (nSPS) is 12.1. The molecule has 1 atom stereocenters. The number of carbonyl (C=O) groups is 1. The van der Waals surface area contributed by atoms with Crippen LogP contribution in [0.25, 0.3) is 0 Å². The predicted molar refractivity (Wildman–Crippen MR) is 130 cm³/mol. The first-order valence-corrected chi connectivity index (χ1v) is 12.5. The van der Waals surface area contributed by atoms with E-state index in [1.807, 2.05) is 54.6 Å². The van der Waals surface area contributed by atoms with Crippen molar-refractivity contribution in [3.8, 4) is 5.75 Å². The molecule has 0 aliphatic heterocycles. The Morgan fingerprint density at radius 1 is 0.912 bits per heavy atom. The minimum absolute atomic E-state index is 0.118. The SMILES string of the molecule is CS(=O)(=O)Nc1cccc(OCc2ccc(COCN[C@H](Cc3ccccc3)C(=O)O)cc2)c1. The Morgan fingerprint density at radius 3 is 2.24 bits per heavy atom. The topological polar surface area (TPSA) is 114 Å². The minimum atomic E-state index is -3.35. The van der Waals surface area contributed by atoms with Crippen molar-refractivity contribution in [3.63, 3.8) is 0 Å². The summed E-state index contributed by atoms with van der Waals surface area (Å²) in [7, 11) is -3.35. The Labute approximate surface area is 199 Å². The maximum atomic E-state index is 11.5. The van der Waals surface area contributed by atoms with Gasteiger partial charge in [-0.05, 0) is 35.2 Å². The van der Waals surface area contributed by atoms with Crippen LogP contribution in [-0.2, 0) is 39.2 Å². The highest BCUT2D eigenvalue weighted by Gasteiger charge is 2.17. The van der Waals surface area contributed by atoms with Crippen molar-refractivity contribution in [2.24, 2.45) is 0 Å². The Kier molecular flexibility index (Phi) is 9.03. The third-order valence-corrected chi connectivity index (χ3v) is 5.45. The highest BCUT2D eigenvalue weighted by Crippen LogP contribution is 2.19. The zero-order chi connectivity index (χ0) is 24.4. The lowest BCUT2D eigenvalue weighted by molar-refractivity contribution is -0.140. The molecule has 0 bridgehead atoms. The number of anilines is 1. The van der Waals surface area contributed by atoms with Gasteiger partial charge in [0.15, 0.2) is 0 Å². The monoisotopic (exact) mass is 484 g/mol. The Bertz CT molecular complexity index is 1170. The Balaban J connectivity index is 1.42. The first-order chi connectivity index (χ1) is 16.3. The molecule has 180 valence electrons. The van der Waals surface area contributed by atoms with Crippen LogP contribution in [0.3, 0.4) is 0 Å². The lowest BCUT2D eigenvalue weighted by atomic mass is 10.1. The zero-order valence-electron chi connectivity index (χ0n) is 18.8. The number of carboxylic acid groups (broad SMARTS) is 1. The third kappa shape index (κ3) is 8.86. The second-order valence-corrected chi connectivity index (χ2v) is 9.53. The highest BCUT2D eigenvalue weighted by molar-refractivity contribution is 7.92. The second-order valence-electron chi connectivity index (χ2n) is 7.78. The largest absolute Gasteiger partial charge is 0.489 e. The number of ether oxygens (including phenoxy) is 2. The molecule has 3 aromatic rings. The third-order valence-electron chi connectivity index (χ3n) is 4.85. The van der Waals surface area contributed by atoms with E-state index < -0.39 is 22.0 Å². The number of rotatable bonds is 13. The van der Waals surface area contributed by atoms with Gasteiger partial charge in [0.2, 0.25) is 10.0 Å². The van der Waals surface area contributed by atoms with Crippen LogP contribution >= 0.6 is 0 Å². The first-order valence-electron chi connectivity index (χ1n) is 10.6. The van der Waals surface area contributed by atoms with Gasteiger partial charge in [0.1, 0.15) is 18.4 Å². The molecule has 3 aromatic carbocycles. The van der Waals surface area contributed by atoms with Gasteiger partial charge in [-0.25, -0.2) is 8.42 Å². The zero-order valence-corrected chi connectivity index (χ0v) is 19.6. The van der Waals surface area contributed by atoms with E-state index in [1.165, 1.54) is 0 Å². The van der Waals surface area contributed by atoms with E-state index in [0.717, 1.165) is 22.9 Å². The summed E-state index contributed by atoms with van der Waals surface area (Å²) in [6.45, 7) is 0.780. The first kappa shape index (κ1) is 25.2. The van der Waals surface area contributed by atoms with E-state index in [4.69, 9.17) is 9.47 Å². The molecule has 0 fully saturated rings. The molecule has 0 unspecified atom stereocenters. The number of carboxylic acids is 1. The average Bonchev–Trinajstić information content (AvgIpc) is 2.80. The van der Waals surface area contributed by atoms with Crippen molar-refractivity contribution >= 4 is 21.7 Å². The molecule has 8 nitrogen and oxygen atoms in total. The fourth-order valence-corrected chi connectivity index (χ4v) is 3.74. The summed E-state index contributed by atoms with van der Waals surface area (Å²) < 4.78 is 36.5. The van der Waals surface area contributed by atoms with E-state index in [2.05, 4.69) is 10.0 Å². The van der Waals surface area contributed by atoms with Crippen LogP contribution in [0.2, 0.25) is 0 Å². The van der Waals surface area contributed by atoms with Gasteiger partial charge in [-0.3, -0.25) is 14.8 Å². The lowest BCUT2D eigenvalue weighted by Gasteiger charge is -2.15. The maximum Gasteiger partial charge on any atom is 0.321 e. The van der Waals surface area contributed by atoms with Gasteiger partial charge in [0, 0.05) is 6.07 Å². The van der Waals surface area contributed by atoms with E-state index >= 15 is 0 Å². The van der Waals surface area contributed by atoms with E-state index in [-0.39, 0.29) is 6.73 Å². The van der Waals surface area contributed by atoms with Crippen molar-refractivity contribution < 1.29 is 27.8 Å². The molecule has 0 aromatic heterocycles. The van der Waals surface area contributed by atoms with Gasteiger partial charge in [-0.2, -0.15) is 0 Å². The molecule has 0 amide bonds. The van der Waals surface area contributed by atoms with Gasteiger partial charge < -0.3 is 14.6 Å². The van der Waals surface area contributed by atoms with Crippen molar-refractivity contribution in [3.05, 3.63) is 95.6 Å². The average molecular weight is 485 g/mol. The summed E-state index contributed by atoms with van der Waals surface area (Å²) in [6, 6.07) is 23.1. The molecule has 3 N–H and O–H groups in total. The Hall–Kier alpha value is -3.40. The molecule has 0 heterocycles. The summed E-state index contributed by atoms with van der Waals surface area (Å²) >= 11 is 0. The molecule has 34 heavy (non-hydrogen) atoms. The maximum absolute atomic E-state index is 11.5. The summed E-state index contributed by atoms with van der Waals surface area (Å²) in [5, 5.41) is 12.3. The summed E-state index contributed by atoms with van der Waals surface area (Å²) in [4.78, 5) is 11.5. The van der Waals surface area contributed by atoms with Gasteiger partial charge in [0.05, 0.1) is 25.3 Å². The number of hydrogen-bond donors (Lipinski definition) is 3. The number of nitrogens with one attached hydrogen (secondary N) is 2. The number of hydrogen-bond acceptors (Lipinski definition) is 6. The molecule has 0 saturated carbocycles. The van der Waals surface area contributed by atoms with E-state index in [1.54, 1.807) is 24.3 Å². The molecule has 0 aliphatic carbocycles. The second kappa shape index (κ2) is 12.2. The number of sulfonamides is 1.